The zero-order chi connectivity index (χ0) is 21.7. The van der Waals surface area contributed by atoms with Gasteiger partial charge in [-0.25, -0.2) is 0 Å². The van der Waals surface area contributed by atoms with Gasteiger partial charge in [0.1, 0.15) is 18.1 Å². The summed E-state index contributed by atoms with van der Waals surface area (Å²) in [6, 6.07) is -2.80. The van der Waals surface area contributed by atoms with E-state index in [1.54, 1.807) is 0 Å². The summed E-state index contributed by atoms with van der Waals surface area (Å²) < 4.78 is 0. The second-order valence-corrected chi connectivity index (χ2v) is 7.09. The molecule has 0 aromatic rings. The lowest BCUT2D eigenvalue weighted by Crippen LogP contribution is -2.57. The van der Waals surface area contributed by atoms with Crippen molar-refractivity contribution in [3.05, 3.63) is 0 Å². The zero-order valence-corrected chi connectivity index (χ0v) is 17.2. The molecule has 3 atom stereocenters. The Morgan fingerprint density at radius 2 is 1.46 bits per heavy atom. The standard InChI is InChI=1S/C18H35N5O5/c1-11(2)9-14(16(26)20-4)23-17(27)13(7-5-6-8-19)22-18(28)15(10-24)21-12(3)25/h11,13-15,24H,5-10,19H2,1-4H3,(H,20,26)(H,21,25)(H,22,28)(H,23,27)/t13-,14+,15+/m1/s1. The normalized spacial score (nSPS) is 14.0. The number of hydrogen-bond acceptors (Lipinski definition) is 6. The van der Waals surface area contributed by atoms with Gasteiger partial charge in [0.05, 0.1) is 6.61 Å². The molecule has 0 unspecified atom stereocenters. The van der Waals surface area contributed by atoms with E-state index in [9.17, 15) is 24.3 Å². The molecule has 0 fully saturated rings. The Morgan fingerprint density at radius 3 is 1.93 bits per heavy atom. The highest BCUT2D eigenvalue weighted by molar-refractivity contribution is 5.94. The van der Waals surface area contributed by atoms with E-state index in [1.807, 2.05) is 13.8 Å². The molecule has 7 N–H and O–H groups in total. The van der Waals surface area contributed by atoms with Gasteiger partial charge in [-0.15, -0.1) is 0 Å². The van der Waals surface area contributed by atoms with E-state index in [2.05, 4.69) is 21.3 Å². The average molecular weight is 402 g/mol. The predicted molar refractivity (Wildman–Crippen MR) is 105 cm³/mol. The molecule has 0 bridgehead atoms. The first-order valence-corrected chi connectivity index (χ1v) is 9.56. The van der Waals surface area contributed by atoms with E-state index in [1.165, 1.54) is 14.0 Å². The molecule has 10 nitrogen and oxygen atoms in total. The third-order valence-corrected chi connectivity index (χ3v) is 4.04. The molecule has 10 heteroatoms. The van der Waals surface area contributed by atoms with E-state index in [-0.39, 0.29) is 11.8 Å². The monoisotopic (exact) mass is 401 g/mol. The first-order chi connectivity index (χ1) is 13.2. The average Bonchev–Trinajstić information content (AvgIpc) is 2.63. The van der Waals surface area contributed by atoms with Gasteiger partial charge in [0.15, 0.2) is 0 Å². The van der Waals surface area contributed by atoms with E-state index in [4.69, 9.17) is 5.73 Å². The maximum absolute atomic E-state index is 12.7. The summed E-state index contributed by atoms with van der Waals surface area (Å²) in [5.41, 5.74) is 5.49. The van der Waals surface area contributed by atoms with Crippen molar-refractivity contribution in [2.45, 2.75) is 64.6 Å². The van der Waals surface area contributed by atoms with Gasteiger partial charge in [-0.05, 0) is 38.1 Å². The van der Waals surface area contributed by atoms with E-state index >= 15 is 0 Å². The first kappa shape index (κ1) is 25.8. The van der Waals surface area contributed by atoms with Crippen LogP contribution in [0.25, 0.3) is 0 Å². The molecular formula is C18H35N5O5. The minimum Gasteiger partial charge on any atom is -0.394 e. The van der Waals surface area contributed by atoms with Crippen LogP contribution in [0.4, 0.5) is 0 Å². The first-order valence-electron chi connectivity index (χ1n) is 9.56. The minimum atomic E-state index is -1.16. The third kappa shape index (κ3) is 10.2. The summed E-state index contributed by atoms with van der Waals surface area (Å²) in [7, 11) is 1.49. The summed E-state index contributed by atoms with van der Waals surface area (Å²) in [6.45, 7) is 4.93. The molecular weight excluding hydrogens is 366 g/mol. The van der Waals surface area contributed by atoms with Gasteiger partial charge in [0.25, 0.3) is 0 Å². The number of unbranched alkanes of at least 4 members (excludes halogenated alkanes) is 1. The number of nitrogens with two attached hydrogens (primary N) is 1. The summed E-state index contributed by atoms with van der Waals surface area (Å²) >= 11 is 0. The van der Waals surface area contributed by atoms with E-state index in [0.29, 0.717) is 32.2 Å². The quantitative estimate of drug-likeness (QED) is 0.203. The summed E-state index contributed by atoms with van der Waals surface area (Å²) in [4.78, 5) is 48.3. The lowest BCUT2D eigenvalue weighted by atomic mass is 10.0. The molecule has 0 saturated heterocycles. The molecule has 0 radical (unpaired) electrons. The van der Waals surface area contributed by atoms with Crippen LogP contribution < -0.4 is 27.0 Å². The topological polar surface area (TPSA) is 163 Å². The van der Waals surface area contributed by atoms with Gasteiger partial charge in [-0.3, -0.25) is 19.2 Å². The molecule has 28 heavy (non-hydrogen) atoms. The van der Waals surface area contributed by atoms with Crippen LogP contribution in [0.15, 0.2) is 0 Å². The van der Waals surface area contributed by atoms with Crippen molar-refractivity contribution in [3.63, 3.8) is 0 Å². The van der Waals surface area contributed by atoms with Crippen LogP contribution in [0.1, 0.15) is 46.5 Å². The molecule has 0 spiro atoms. The van der Waals surface area contributed by atoms with E-state index in [0.717, 1.165) is 0 Å². The Kier molecular flexibility index (Phi) is 12.8. The van der Waals surface area contributed by atoms with Crippen molar-refractivity contribution in [1.82, 2.24) is 21.3 Å². The Balaban J connectivity index is 5.22. The van der Waals surface area contributed by atoms with E-state index < -0.39 is 42.5 Å². The lowest BCUT2D eigenvalue weighted by Gasteiger charge is -2.25. The van der Waals surface area contributed by atoms with Crippen molar-refractivity contribution in [1.29, 1.82) is 0 Å². The molecule has 0 saturated carbocycles. The Labute approximate surface area is 166 Å². The molecule has 0 aliphatic heterocycles. The Bertz CT molecular complexity index is 526. The Hall–Kier alpha value is -2.20. The summed E-state index contributed by atoms with van der Waals surface area (Å²) in [5, 5.41) is 19.4. The van der Waals surface area contributed by atoms with Gasteiger partial charge in [0.2, 0.25) is 23.6 Å². The van der Waals surface area contributed by atoms with Gasteiger partial charge >= 0.3 is 0 Å². The Morgan fingerprint density at radius 1 is 0.893 bits per heavy atom. The molecule has 0 aromatic carbocycles. The summed E-state index contributed by atoms with van der Waals surface area (Å²) in [5.74, 6) is -1.80. The largest absolute Gasteiger partial charge is 0.394 e. The summed E-state index contributed by atoms with van der Waals surface area (Å²) in [6.07, 6.45) is 2.02. The van der Waals surface area contributed by atoms with Crippen LogP contribution >= 0.6 is 0 Å². The minimum absolute atomic E-state index is 0.173. The van der Waals surface area contributed by atoms with Crippen molar-refractivity contribution in [2.75, 3.05) is 20.2 Å². The van der Waals surface area contributed by atoms with Gasteiger partial charge in [0, 0.05) is 14.0 Å². The molecule has 0 aliphatic rings. The zero-order valence-electron chi connectivity index (χ0n) is 17.2. The maximum atomic E-state index is 12.7. The smallest absolute Gasteiger partial charge is 0.245 e. The highest BCUT2D eigenvalue weighted by atomic mass is 16.3. The SMILES string of the molecule is CNC(=O)[C@H](CC(C)C)NC(=O)[C@@H](CCCCN)NC(=O)[C@H](CO)NC(C)=O. The number of aliphatic hydroxyl groups excluding tert-OH is 1. The number of carbonyl (C=O) groups excluding carboxylic acids is 4. The molecule has 0 heterocycles. The lowest BCUT2D eigenvalue weighted by molar-refractivity contribution is -0.134. The highest BCUT2D eigenvalue weighted by Gasteiger charge is 2.28. The third-order valence-electron chi connectivity index (χ3n) is 4.04. The number of carbonyl (C=O) groups is 4. The number of likely N-dealkylation sites (N-methyl/N-ethyl adjacent to an activating group) is 1. The number of rotatable bonds is 13. The number of nitrogens with one attached hydrogen (secondary N) is 4. The van der Waals surface area contributed by atoms with Crippen LogP contribution in [0.3, 0.4) is 0 Å². The van der Waals surface area contributed by atoms with Crippen LogP contribution in [-0.2, 0) is 19.2 Å². The molecule has 0 aliphatic carbocycles. The highest BCUT2D eigenvalue weighted by Crippen LogP contribution is 2.07. The fraction of sp³-hybridized carbons (Fsp3) is 0.778. The fourth-order valence-corrected chi connectivity index (χ4v) is 2.62. The van der Waals surface area contributed by atoms with Crippen molar-refractivity contribution in [3.8, 4) is 0 Å². The van der Waals surface area contributed by atoms with Crippen LogP contribution in [0.5, 0.6) is 0 Å². The fourth-order valence-electron chi connectivity index (χ4n) is 2.62. The maximum Gasteiger partial charge on any atom is 0.245 e. The van der Waals surface area contributed by atoms with Crippen molar-refractivity contribution in [2.24, 2.45) is 11.7 Å². The van der Waals surface area contributed by atoms with Crippen LogP contribution in [0.2, 0.25) is 0 Å². The van der Waals surface area contributed by atoms with Crippen molar-refractivity contribution >= 4 is 23.6 Å². The van der Waals surface area contributed by atoms with Gasteiger partial charge in [-0.1, -0.05) is 13.8 Å². The van der Waals surface area contributed by atoms with Crippen molar-refractivity contribution < 1.29 is 24.3 Å². The van der Waals surface area contributed by atoms with Gasteiger partial charge in [-0.2, -0.15) is 0 Å². The van der Waals surface area contributed by atoms with Crippen LogP contribution in [-0.4, -0.2) is 67.1 Å². The molecule has 0 aromatic heterocycles. The number of hydrogen-bond donors (Lipinski definition) is 6. The number of aliphatic hydroxyl groups is 1. The predicted octanol–water partition coefficient (Wildman–Crippen LogP) is -1.63. The molecule has 0 rings (SSSR count). The van der Waals surface area contributed by atoms with Crippen LogP contribution in [0, 0.1) is 5.92 Å². The molecule has 4 amide bonds. The number of amides is 4. The second kappa shape index (κ2) is 13.9. The second-order valence-electron chi connectivity index (χ2n) is 7.09. The molecule has 162 valence electrons. The van der Waals surface area contributed by atoms with Gasteiger partial charge < -0.3 is 32.1 Å².